The van der Waals surface area contributed by atoms with Crippen molar-refractivity contribution < 1.29 is 28.6 Å². The van der Waals surface area contributed by atoms with Crippen molar-refractivity contribution in [3.05, 3.63) is 109 Å². The van der Waals surface area contributed by atoms with Gasteiger partial charge in [0.25, 0.3) is 0 Å². The quantitative estimate of drug-likeness (QED) is 0.0262. The van der Waals surface area contributed by atoms with Crippen molar-refractivity contribution in [1.82, 2.24) is 0 Å². The minimum Gasteiger partial charge on any atom is -0.462 e. The normalized spacial score (nSPS) is 13.0. The summed E-state index contributed by atoms with van der Waals surface area (Å²) in [6.45, 7) is 6.33. The van der Waals surface area contributed by atoms with Crippen LogP contribution in [0.2, 0.25) is 0 Å². The highest BCUT2D eigenvalue weighted by Crippen LogP contribution is 2.13. The van der Waals surface area contributed by atoms with Gasteiger partial charge in [-0.2, -0.15) is 0 Å². The fourth-order valence-corrected chi connectivity index (χ4v) is 6.87. The van der Waals surface area contributed by atoms with Crippen LogP contribution in [0.1, 0.15) is 226 Å². The standard InChI is InChI=1S/C59H96O6/c1-4-7-10-13-16-18-20-22-24-25-26-27-28-29-30-31-32-33-35-36-38-40-43-46-49-52-58(61)64-55-56(54-63-57(60)51-48-45-42-15-12-9-6-3)65-59(62)53-50-47-44-41-39-37-34-23-21-19-17-14-11-8-5-2/h7-8,10-11,16-19,22-24,26-27,29-30,32-34,56H,4-6,9,12-15,20-21,25,28,31,35-55H2,1-3H3/b10-7-,11-8-,18-16-,19-17-,24-22-,27-26-,30-29-,33-32-,34-23-. The van der Waals surface area contributed by atoms with Gasteiger partial charge >= 0.3 is 17.9 Å². The van der Waals surface area contributed by atoms with Gasteiger partial charge in [0.1, 0.15) is 13.2 Å². The van der Waals surface area contributed by atoms with Gasteiger partial charge in [-0.25, -0.2) is 0 Å². The average molecular weight is 901 g/mol. The Balaban J connectivity index is 4.28. The molecule has 6 nitrogen and oxygen atoms in total. The van der Waals surface area contributed by atoms with E-state index in [1.165, 1.54) is 38.5 Å². The van der Waals surface area contributed by atoms with Crippen molar-refractivity contribution >= 4 is 17.9 Å². The smallest absolute Gasteiger partial charge is 0.306 e. The molecule has 0 saturated heterocycles. The van der Waals surface area contributed by atoms with E-state index in [0.29, 0.717) is 19.3 Å². The molecular weight excluding hydrogens is 805 g/mol. The first kappa shape index (κ1) is 61.1. The van der Waals surface area contributed by atoms with E-state index < -0.39 is 6.10 Å². The van der Waals surface area contributed by atoms with Crippen LogP contribution >= 0.6 is 0 Å². The molecule has 0 amide bonds. The van der Waals surface area contributed by atoms with Crippen LogP contribution in [0.15, 0.2) is 109 Å². The highest BCUT2D eigenvalue weighted by atomic mass is 16.6. The zero-order valence-electron chi connectivity index (χ0n) is 42.0. The number of unbranched alkanes of at least 4 members (excludes halogenated alkanes) is 17. The molecule has 0 aromatic heterocycles. The molecule has 0 spiro atoms. The second kappa shape index (κ2) is 52.7. The Morgan fingerprint density at radius 1 is 0.323 bits per heavy atom. The molecule has 1 unspecified atom stereocenters. The van der Waals surface area contributed by atoms with E-state index >= 15 is 0 Å². The third-order valence-corrected chi connectivity index (χ3v) is 10.8. The minimum atomic E-state index is -0.792. The first-order chi connectivity index (χ1) is 32.0. The van der Waals surface area contributed by atoms with Gasteiger partial charge in [0.2, 0.25) is 0 Å². The summed E-state index contributed by atoms with van der Waals surface area (Å²) in [4.78, 5) is 37.8. The first-order valence-electron chi connectivity index (χ1n) is 26.4. The zero-order chi connectivity index (χ0) is 47.2. The maximum Gasteiger partial charge on any atom is 0.306 e. The van der Waals surface area contributed by atoms with Gasteiger partial charge in [0.05, 0.1) is 0 Å². The van der Waals surface area contributed by atoms with Crippen molar-refractivity contribution in [2.75, 3.05) is 13.2 Å². The number of carbonyl (C=O) groups is 3. The van der Waals surface area contributed by atoms with Gasteiger partial charge in [-0.3, -0.25) is 14.4 Å². The van der Waals surface area contributed by atoms with E-state index in [4.69, 9.17) is 14.2 Å². The van der Waals surface area contributed by atoms with Gasteiger partial charge in [0.15, 0.2) is 6.10 Å². The lowest BCUT2D eigenvalue weighted by Crippen LogP contribution is -2.30. The first-order valence-corrected chi connectivity index (χ1v) is 26.4. The Morgan fingerprint density at radius 3 is 0.938 bits per heavy atom. The topological polar surface area (TPSA) is 78.9 Å². The lowest BCUT2D eigenvalue weighted by molar-refractivity contribution is -0.167. The van der Waals surface area contributed by atoms with E-state index in [2.05, 4.69) is 130 Å². The van der Waals surface area contributed by atoms with E-state index in [9.17, 15) is 14.4 Å². The van der Waals surface area contributed by atoms with Crippen LogP contribution in [0.3, 0.4) is 0 Å². The molecule has 0 rings (SSSR count). The molecule has 0 heterocycles. The summed E-state index contributed by atoms with van der Waals surface area (Å²) in [6.07, 6.45) is 70.9. The Morgan fingerprint density at radius 2 is 0.600 bits per heavy atom. The highest BCUT2D eigenvalue weighted by Gasteiger charge is 2.19. The van der Waals surface area contributed by atoms with Gasteiger partial charge in [-0.1, -0.05) is 214 Å². The molecule has 6 heteroatoms. The third kappa shape index (κ3) is 50.9. The fourth-order valence-electron chi connectivity index (χ4n) is 6.87. The van der Waals surface area contributed by atoms with Crippen molar-refractivity contribution in [3.8, 4) is 0 Å². The van der Waals surface area contributed by atoms with Crippen LogP contribution in [0, 0.1) is 0 Å². The molecule has 0 aliphatic heterocycles. The molecule has 65 heavy (non-hydrogen) atoms. The number of hydrogen-bond acceptors (Lipinski definition) is 6. The van der Waals surface area contributed by atoms with Crippen molar-refractivity contribution in [2.24, 2.45) is 0 Å². The van der Waals surface area contributed by atoms with E-state index in [-0.39, 0.29) is 31.1 Å². The van der Waals surface area contributed by atoms with Crippen LogP contribution in [0.4, 0.5) is 0 Å². The van der Waals surface area contributed by atoms with Crippen molar-refractivity contribution in [1.29, 1.82) is 0 Å². The van der Waals surface area contributed by atoms with Gasteiger partial charge in [-0.15, -0.1) is 0 Å². The van der Waals surface area contributed by atoms with Crippen molar-refractivity contribution in [3.63, 3.8) is 0 Å². The number of hydrogen-bond donors (Lipinski definition) is 0. The van der Waals surface area contributed by atoms with E-state index in [0.717, 1.165) is 148 Å². The van der Waals surface area contributed by atoms with Crippen LogP contribution in [-0.4, -0.2) is 37.2 Å². The Kier molecular flexibility index (Phi) is 49.5. The molecule has 0 radical (unpaired) electrons. The Bertz CT molecular complexity index is 1360. The van der Waals surface area contributed by atoms with Crippen LogP contribution < -0.4 is 0 Å². The molecule has 0 saturated carbocycles. The second-order valence-corrected chi connectivity index (χ2v) is 17.0. The Hall–Kier alpha value is -3.93. The molecule has 0 aliphatic rings. The van der Waals surface area contributed by atoms with Crippen LogP contribution in [0.25, 0.3) is 0 Å². The molecule has 0 aromatic carbocycles. The monoisotopic (exact) mass is 901 g/mol. The second-order valence-electron chi connectivity index (χ2n) is 17.0. The summed E-state index contributed by atoms with van der Waals surface area (Å²) in [5, 5.41) is 0. The van der Waals surface area contributed by atoms with E-state index in [1.54, 1.807) is 0 Å². The molecule has 368 valence electrons. The molecule has 0 bridgehead atoms. The maximum atomic E-state index is 12.8. The molecule has 0 aromatic rings. The predicted octanol–water partition coefficient (Wildman–Crippen LogP) is 17.5. The fraction of sp³-hybridized carbons (Fsp3) is 0.644. The van der Waals surface area contributed by atoms with Gasteiger partial charge < -0.3 is 14.2 Å². The largest absolute Gasteiger partial charge is 0.462 e. The summed E-state index contributed by atoms with van der Waals surface area (Å²) >= 11 is 0. The molecular formula is C59H96O6. The molecule has 0 aliphatic carbocycles. The van der Waals surface area contributed by atoms with Crippen molar-refractivity contribution in [2.45, 2.75) is 232 Å². The number of allylic oxidation sites excluding steroid dienone is 18. The summed E-state index contributed by atoms with van der Waals surface area (Å²) in [5.74, 6) is -0.935. The third-order valence-electron chi connectivity index (χ3n) is 10.8. The van der Waals surface area contributed by atoms with Crippen LogP contribution in [0.5, 0.6) is 0 Å². The number of ether oxygens (including phenoxy) is 3. The molecule has 0 fully saturated rings. The molecule has 0 N–H and O–H groups in total. The van der Waals surface area contributed by atoms with Crippen LogP contribution in [-0.2, 0) is 28.6 Å². The lowest BCUT2D eigenvalue weighted by atomic mass is 10.1. The zero-order valence-corrected chi connectivity index (χ0v) is 42.0. The summed E-state index contributed by atoms with van der Waals surface area (Å²) in [7, 11) is 0. The SMILES string of the molecule is CC/C=C\C/C=C\C/C=C\C/C=C\C/C=C\C/C=C\CCCCCCCCC(=O)OCC(COC(=O)CCCCCCCCC)OC(=O)CCCCCCC/C=C\C/C=C\C/C=C\CC. The molecule has 1 atom stereocenters. The van der Waals surface area contributed by atoms with E-state index in [1.807, 2.05) is 0 Å². The van der Waals surface area contributed by atoms with Gasteiger partial charge in [-0.05, 0) is 103 Å². The minimum absolute atomic E-state index is 0.0911. The summed E-state index contributed by atoms with van der Waals surface area (Å²) < 4.78 is 16.7. The predicted molar refractivity (Wildman–Crippen MR) is 279 cm³/mol. The summed E-state index contributed by atoms with van der Waals surface area (Å²) in [6, 6.07) is 0. The number of rotatable bonds is 46. The lowest BCUT2D eigenvalue weighted by Gasteiger charge is -2.18. The summed E-state index contributed by atoms with van der Waals surface area (Å²) in [5.41, 5.74) is 0. The Labute approximate surface area is 400 Å². The highest BCUT2D eigenvalue weighted by molar-refractivity contribution is 5.71. The number of esters is 3. The maximum absolute atomic E-state index is 12.8. The average Bonchev–Trinajstić information content (AvgIpc) is 3.30. The number of carbonyl (C=O) groups excluding carboxylic acids is 3. The van der Waals surface area contributed by atoms with Gasteiger partial charge in [0, 0.05) is 19.3 Å².